The van der Waals surface area contributed by atoms with Gasteiger partial charge in [0, 0.05) is 31.8 Å². The lowest BCUT2D eigenvalue weighted by atomic mass is 10.0. The van der Waals surface area contributed by atoms with Crippen molar-refractivity contribution in [3.63, 3.8) is 0 Å². The average Bonchev–Trinajstić information content (AvgIpc) is 2.73. The van der Waals surface area contributed by atoms with E-state index < -0.39 is 0 Å². The first-order valence-corrected chi connectivity index (χ1v) is 5.83. The molecule has 3 unspecified atom stereocenters. The van der Waals surface area contributed by atoms with Gasteiger partial charge in [0.15, 0.2) is 0 Å². The summed E-state index contributed by atoms with van der Waals surface area (Å²) < 4.78 is 5.19. The van der Waals surface area contributed by atoms with E-state index in [9.17, 15) is 4.79 Å². The Labute approximate surface area is 91.0 Å². The summed E-state index contributed by atoms with van der Waals surface area (Å²) in [5.74, 6) is 0.811. The molecule has 0 aromatic heterocycles. The fourth-order valence-corrected chi connectivity index (χ4v) is 2.86. The molecule has 2 saturated heterocycles. The van der Waals surface area contributed by atoms with Crippen LogP contribution in [0.15, 0.2) is 0 Å². The van der Waals surface area contributed by atoms with Crippen LogP contribution in [0.25, 0.3) is 0 Å². The Morgan fingerprint density at radius 1 is 1.53 bits per heavy atom. The molecule has 0 aromatic carbocycles. The predicted octanol–water partition coefficient (Wildman–Crippen LogP) is 0.232. The normalized spacial score (nSPS) is 34.5. The minimum absolute atomic E-state index is 0.153. The number of rotatable bonds is 3. The smallest absolute Gasteiger partial charge is 0.249 e. The van der Waals surface area contributed by atoms with Gasteiger partial charge in [-0.15, -0.1) is 0 Å². The zero-order valence-electron chi connectivity index (χ0n) is 9.53. The molecule has 4 heteroatoms. The second-order valence-electron chi connectivity index (χ2n) is 4.51. The van der Waals surface area contributed by atoms with Crippen LogP contribution in [0.2, 0.25) is 0 Å². The van der Waals surface area contributed by atoms with Crippen LogP contribution in [-0.4, -0.2) is 49.2 Å². The van der Waals surface area contributed by atoms with Crippen molar-refractivity contribution in [3.05, 3.63) is 0 Å². The minimum atomic E-state index is 0.153. The topological polar surface area (TPSA) is 41.6 Å². The van der Waals surface area contributed by atoms with Gasteiger partial charge in [-0.3, -0.25) is 4.79 Å². The van der Waals surface area contributed by atoms with Crippen molar-refractivity contribution >= 4 is 5.91 Å². The van der Waals surface area contributed by atoms with Gasteiger partial charge >= 0.3 is 0 Å². The number of ether oxygens (including phenoxy) is 1. The van der Waals surface area contributed by atoms with E-state index in [4.69, 9.17) is 4.74 Å². The lowest BCUT2D eigenvalue weighted by Gasteiger charge is -2.27. The molecule has 1 N–H and O–H groups in total. The van der Waals surface area contributed by atoms with Crippen LogP contribution in [-0.2, 0) is 9.53 Å². The van der Waals surface area contributed by atoms with Gasteiger partial charge in [-0.2, -0.15) is 0 Å². The van der Waals surface area contributed by atoms with Crippen molar-refractivity contribution in [2.75, 3.05) is 26.3 Å². The maximum absolute atomic E-state index is 11.9. The van der Waals surface area contributed by atoms with Crippen LogP contribution >= 0.6 is 0 Å². The highest BCUT2D eigenvalue weighted by Crippen LogP contribution is 2.32. The number of amides is 1. The number of likely N-dealkylation sites (tertiary alicyclic amines) is 1. The van der Waals surface area contributed by atoms with E-state index in [0.29, 0.717) is 24.6 Å². The van der Waals surface area contributed by atoms with Crippen LogP contribution in [0.1, 0.15) is 20.3 Å². The molecule has 0 radical (unpaired) electrons. The number of nitrogens with zero attached hydrogens (tertiary/aromatic N) is 1. The summed E-state index contributed by atoms with van der Waals surface area (Å²) in [5.41, 5.74) is 0. The van der Waals surface area contributed by atoms with Crippen LogP contribution in [0.5, 0.6) is 0 Å². The third-order valence-electron chi connectivity index (χ3n) is 3.50. The van der Waals surface area contributed by atoms with E-state index in [0.717, 1.165) is 19.5 Å². The maximum Gasteiger partial charge on any atom is 0.249 e. The monoisotopic (exact) mass is 212 g/mol. The number of nitrogens with one attached hydrogen (secondary N) is 1. The Hall–Kier alpha value is -0.610. The number of carbonyl (C=O) groups excluding carboxylic acids is 1. The van der Waals surface area contributed by atoms with Gasteiger partial charge in [-0.05, 0) is 26.2 Å². The Kier molecular flexibility index (Phi) is 3.26. The summed E-state index contributed by atoms with van der Waals surface area (Å²) in [4.78, 5) is 14.0. The molecule has 4 nitrogen and oxygen atoms in total. The van der Waals surface area contributed by atoms with E-state index in [1.807, 2.05) is 11.8 Å². The molecule has 0 aromatic rings. The molecular weight excluding hydrogens is 192 g/mol. The van der Waals surface area contributed by atoms with Gasteiger partial charge in [0.25, 0.3) is 0 Å². The van der Waals surface area contributed by atoms with E-state index >= 15 is 0 Å². The van der Waals surface area contributed by atoms with Gasteiger partial charge in [0.1, 0.15) is 6.61 Å². The van der Waals surface area contributed by atoms with E-state index in [1.54, 1.807) is 0 Å². The molecule has 15 heavy (non-hydrogen) atoms. The predicted molar refractivity (Wildman–Crippen MR) is 57.6 cm³/mol. The largest absolute Gasteiger partial charge is 0.372 e. The molecule has 0 bridgehead atoms. The zero-order valence-corrected chi connectivity index (χ0v) is 9.53. The van der Waals surface area contributed by atoms with Gasteiger partial charge < -0.3 is 15.0 Å². The highest BCUT2D eigenvalue weighted by molar-refractivity contribution is 5.78. The summed E-state index contributed by atoms with van der Waals surface area (Å²) >= 11 is 0. The lowest BCUT2D eigenvalue weighted by Crippen LogP contribution is -2.44. The molecule has 0 aliphatic carbocycles. The molecule has 1 amide bonds. The van der Waals surface area contributed by atoms with Gasteiger partial charge in [0.2, 0.25) is 5.91 Å². The highest BCUT2D eigenvalue weighted by Gasteiger charge is 2.43. The first kappa shape index (κ1) is 10.9. The molecule has 2 aliphatic rings. The Balaban J connectivity index is 1.97. The lowest BCUT2D eigenvalue weighted by molar-refractivity contribution is -0.138. The maximum atomic E-state index is 11.9. The Morgan fingerprint density at radius 3 is 3.07 bits per heavy atom. The number of hydrogen-bond donors (Lipinski definition) is 1. The summed E-state index contributed by atoms with van der Waals surface area (Å²) in [5, 5.41) is 3.35. The standard InChI is InChI=1S/C11H20N2O2/c1-3-15-7-11(14)13-8(2)4-9-5-12-6-10(9)13/h8-10,12H,3-7H2,1-2H3. The fourth-order valence-electron chi connectivity index (χ4n) is 2.86. The number of carbonyl (C=O) groups is 1. The summed E-state index contributed by atoms with van der Waals surface area (Å²) in [6, 6.07) is 0.794. The Morgan fingerprint density at radius 2 is 2.33 bits per heavy atom. The zero-order chi connectivity index (χ0) is 10.8. The quantitative estimate of drug-likeness (QED) is 0.728. The van der Waals surface area contributed by atoms with Crippen molar-refractivity contribution in [3.8, 4) is 0 Å². The molecule has 0 spiro atoms. The fraction of sp³-hybridized carbons (Fsp3) is 0.909. The molecule has 2 fully saturated rings. The minimum Gasteiger partial charge on any atom is -0.372 e. The summed E-state index contributed by atoms with van der Waals surface area (Å²) in [7, 11) is 0. The van der Waals surface area contributed by atoms with Crippen molar-refractivity contribution in [1.29, 1.82) is 0 Å². The second-order valence-corrected chi connectivity index (χ2v) is 4.51. The molecule has 86 valence electrons. The number of hydrogen-bond acceptors (Lipinski definition) is 3. The average molecular weight is 212 g/mol. The molecule has 2 aliphatic heterocycles. The third kappa shape index (κ3) is 2.01. The van der Waals surface area contributed by atoms with Crippen molar-refractivity contribution in [2.24, 2.45) is 5.92 Å². The molecular formula is C11H20N2O2. The highest BCUT2D eigenvalue weighted by atomic mass is 16.5. The van der Waals surface area contributed by atoms with Gasteiger partial charge in [0.05, 0.1) is 0 Å². The van der Waals surface area contributed by atoms with Gasteiger partial charge in [-0.1, -0.05) is 0 Å². The first-order chi connectivity index (χ1) is 7.24. The van der Waals surface area contributed by atoms with E-state index in [-0.39, 0.29) is 12.5 Å². The van der Waals surface area contributed by atoms with Crippen LogP contribution in [0.4, 0.5) is 0 Å². The number of fused-ring (bicyclic) bond motifs is 1. The molecule has 3 atom stereocenters. The molecule has 0 saturated carbocycles. The Bertz CT molecular complexity index is 245. The van der Waals surface area contributed by atoms with Crippen LogP contribution < -0.4 is 5.32 Å². The molecule has 2 heterocycles. The summed E-state index contributed by atoms with van der Waals surface area (Å²) in [6.07, 6.45) is 1.13. The third-order valence-corrected chi connectivity index (χ3v) is 3.50. The van der Waals surface area contributed by atoms with Gasteiger partial charge in [-0.25, -0.2) is 0 Å². The van der Waals surface area contributed by atoms with Crippen LogP contribution in [0, 0.1) is 5.92 Å². The van der Waals surface area contributed by atoms with E-state index in [2.05, 4.69) is 12.2 Å². The first-order valence-electron chi connectivity index (χ1n) is 5.83. The van der Waals surface area contributed by atoms with Crippen molar-refractivity contribution in [1.82, 2.24) is 10.2 Å². The SMILES string of the molecule is CCOCC(=O)N1C(C)CC2CNCC21. The molecule has 2 rings (SSSR count). The van der Waals surface area contributed by atoms with E-state index in [1.165, 1.54) is 0 Å². The second kappa shape index (κ2) is 4.49. The van der Waals surface area contributed by atoms with Crippen LogP contribution in [0.3, 0.4) is 0 Å². The van der Waals surface area contributed by atoms with Crippen molar-refractivity contribution in [2.45, 2.75) is 32.4 Å². The van der Waals surface area contributed by atoms with Crippen molar-refractivity contribution < 1.29 is 9.53 Å². The summed E-state index contributed by atoms with van der Waals surface area (Å²) in [6.45, 7) is 6.92.